The highest BCUT2D eigenvalue weighted by Crippen LogP contribution is 2.31. The van der Waals surface area contributed by atoms with Crippen LogP contribution in [0.4, 0.5) is 18.9 Å². The van der Waals surface area contributed by atoms with E-state index in [1.54, 1.807) is 19.2 Å². The Bertz CT molecular complexity index is 560. The molecule has 0 aliphatic carbocycles. The summed E-state index contributed by atoms with van der Waals surface area (Å²) >= 11 is 0. The van der Waals surface area contributed by atoms with Crippen LogP contribution in [0.2, 0.25) is 0 Å². The minimum Gasteiger partial charge on any atom is -0.404 e. The molecular weight excluding hydrogens is 271 g/mol. The van der Waals surface area contributed by atoms with Crippen LogP contribution in [0.5, 0.6) is 5.75 Å². The minimum atomic E-state index is -4.73. The first kappa shape index (κ1) is 14.1. The number of hydrogen-bond donors (Lipinski definition) is 1. The Morgan fingerprint density at radius 1 is 1.20 bits per heavy atom. The summed E-state index contributed by atoms with van der Waals surface area (Å²) in [5.41, 5.74) is 0.859. The lowest BCUT2D eigenvalue weighted by Crippen LogP contribution is -2.18. The number of nitrogens with zero attached hydrogens (tertiary/aromatic N) is 2. The van der Waals surface area contributed by atoms with E-state index >= 15 is 0 Å². The van der Waals surface area contributed by atoms with Gasteiger partial charge in [0.15, 0.2) is 5.75 Å². The molecule has 0 aliphatic rings. The Labute approximate surface area is 113 Å². The van der Waals surface area contributed by atoms with Gasteiger partial charge in [-0.1, -0.05) is 12.1 Å². The number of rotatable bonds is 4. The molecule has 1 aromatic heterocycles. The number of ether oxygens (including phenoxy) is 1. The van der Waals surface area contributed by atoms with E-state index < -0.39 is 6.36 Å². The summed E-state index contributed by atoms with van der Waals surface area (Å²) in [5, 5.41) is 2.92. The molecule has 1 unspecified atom stereocenters. The number of halogens is 3. The SMILES string of the molecule is CC(Nc1ccccc1OC(F)(F)F)c1cnccn1. The third kappa shape index (κ3) is 3.84. The van der Waals surface area contributed by atoms with Crippen LogP contribution >= 0.6 is 0 Å². The van der Waals surface area contributed by atoms with E-state index in [1.807, 2.05) is 0 Å². The predicted molar refractivity (Wildman–Crippen MR) is 67.2 cm³/mol. The van der Waals surface area contributed by atoms with Gasteiger partial charge in [-0.25, -0.2) is 0 Å². The van der Waals surface area contributed by atoms with E-state index in [0.717, 1.165) is 0 Å². The van der Waals surface area contributed by atoms with Gasteiger partial charge in [-0.15, -0.1) is 13.2 Å². The maximum Gasteiger partial charge on any atom is 0.573 e. The molecule has 0 fully saturated rings. The molecule has 1 aromatic carbocycles. The Morgan fingerprint density at radius 3 is 2.60 bits per heavy atom. The highest BCUT2D eigenvalue weighted by Gasteiger charge is 2.32. The summed E-state index contributed by atoms with van der Waals surface area (Å²) in [6.45, 7) is 1.77. The second kappa shape index (κ2) is 5.77. The molecule has 2 aromatic rings. The maximum atomic E-state index is 12.3. The zero-order valence-electron chi connectivity index (χ0n) is 10.6. The highest BCUT2D eigenvalue weighted by molar-refractivity contribution is 5.57. The van der Waals surface area contributed by atoms with E-state index in [-0.39, 0.29) is 17.5 Å². The molecule has 7 heteroatoms. The van der Waals surface area contributed by atoms with Crippen molar-refractivity contribution in [2.45, 2.75) is 19.3 Å². The van der Waals surface area contributed by atoms with Gasteiger partial charge in [-0.3, -0.25) is 9.97 Å². The number of aromatic nitrogens is 2. The molecule has 4 nitrogen and oxygen atoms in total. The molecule has 0 radical (unpaired) electrons. The van der Waals surface area contributed by atoms with Crippen molar-refractivity contribution in [1.29, 1.82) is 0 Å². The molecule has 106 valence electrons. The molecule has 1 heterocycles. The zero-order chi connectivity index (χ0) is 14.6. The van der Waals surface area contributed by atoms with Gasteiger partial charge < -0.3 is 10.1 Å². The summed E-state index contributed by atoms with van der Waals surface area (Å²) in [6, 6.07) is 5.54. The Hall–Kier alpha value is -2.31. The van der Waals surface area contributed by atoms with Crippen LogP contribution in [-0.4, -0.2) is 16.3 Å². The first-order valence-electron chi connectivity index (χ1n) is 5.83. The van der Waals surface area contributed by atoms with Crippen molar-refractivity contribution in [3.63, 3.8) is 0 Å². The van der Waals surface area contributed by atoms with Gasteiger partial charge in [0.05, 0.1) is 23.6 Å². The van der Waals surface area contributed by atoms with Crippen molar-refractivity contribution in [2.24, 2.45) is 0 Å². The predicted octanol–water partition coefficient (Wildman–Crippen LogP) is 3.55. The normalized spacial score (nSPS) is 12.8. The monoisotopic (exact) mass is 283 g/mol. The Morgan fingerprint density at radius 2 is 1.95 bits per heavy atom. The van der Waals surface area contributed by atoms with E-state index in [9.17, 15) is 13.2 Å². The van der Waals surface area contributed by atoms with Crippen molar-refractivity contribution in [1.82, 2.24) is 9.97 Å². The lowest BCUT2D eigenvalue weighted by molar-refractivity contribution is -0.274. The smallest absolute Gasteiger partial charge is 0.404 e. The summed E-state index contributed by atoms with van der Waals surface area (Å²) < 4.78 is 40.9. The van der Waals surface area contributed by atoms with Crippen LogP contribution in [0.25, 0.3) is 0 Å². The van der Waals surface area contributed by atoms with Crippen molar-refractivity contribution < 1.29 is 17.9 Å². The van der Waals surface area contributed by atoms with E-state index in [1.165, 1.54) is 30.6 Å². The second-order valence-corrected chi connectivity index (χ2v) is 4.04. The van der Waals surface area contributed by atoms with Gasteiger partial charge in [0, 0.05) is 12.4 Å². The molecular formula is C13H12F3N3O. The lowest BCUT2D eigenvalue weighted by Gasteiger charge is -2.18. The van der Waals surface area contributed by atoms with Crippen molar-refractivity contribution >= 4 is 5.69 Å². The summed E-state index contributed by atoms with van der Waals surface area (Å²) in [4.78, 5) is 8.01. The number of anilines is 1. The number of hydrogen-bond acceptors (Lipinski definition) is 4. The number of alkyl halides is 3. The summed E-state index contributed by atoms with van der Waals surface area (Å²) in [6.07, 6.45) is -0.138. The molecule has 0 amide bonds. The van der Waals surface area contributed by atoms with Gasteiger partial charge >= 0.3 is 6.36 Å². The number of benzene rings is 1. The Kier molecular flexibility index (Phi) is 4.07. The largest absolute Gasteiger partial charge is 0.573 e. The standard InChI is InChI=1S/C13H12F3N3O/c1-9(11-8-17-6-7-18-11)19-10-4-2-3-5-12(10)20-13(14,15)16/h2-9,19H,1H3. The fourth-order valence-corrected chi connectivity index (χ4v) is 1.64. The number of para-hydroxylation sites is 2. The van der Waals surface area contributed by atoms with Crippen molar-refractivity contribution in [2.75, 3.05) is 5.32 Å². The van der Waals surface area contributed by atoms with Crippen LogP contribution in [0, 0.1) is 0 Å². The van der Waals surface area contributed by atoms with Crippen LogP contribution in [0.3, 0.4) is 0 Å². The maximum absolute atomic E-state index is 12.3. The molecule has 1 atom stereocenters. The van der Waals surface area contributed by atoms with E-state index in [2.05, 4.69) is 20.0 Å². The van der Waals surface area contributed by atoms with Crippen LogP contribution in [-0.2, 0) is 0 Å². The quantitative estimate of drug-likeness (QED) is 0.932. The molecule has 20 heavy (non-hydrogen) atoms. The summed E-state index contributed by atoms with van der Waals surface area (Å²) in [7, 11) is 0. The number of nitrogens with one attached hydrogen (secondary N) is 1. The van der Waals surface area contributed by atoms with Gasteiger partial charge in [-0.2, -0.15) is 0 Å². The van der Waals surface area contributed by atoms with Gasteiger partial charge in [0.2, 0.25) is 0 Å². The first-order valence-corrected chi connectivity index (χ1v) is 5.83. The average molecular weight is 283 g/mol. The molecule has 0 saturated carbocycles. The minimum absolute atomic E-state index is 0.239. The topological polar surface area (TPSA) is 47.0 Å². The van der Waals surface area contributed by atoms with Crippen LogP contribution in [0.1, 0.15) is 18.7 Å². The third-order valence-electron chi connectivity index (χ3n) is 2.51. The Balaban J connectivity index is 2.17. The molecule has 0 spiro atoms. The lowest BCUT2D eigenvalue weighted by atomic mass is 10.2. The molecule has 0 aliphatic heterocycles. The van der Waals surface area contributed by atoms with Gasteiger partial charge in [0.1, 0.15) is 0 Å². The van der Waals surface area contributed by atoms with Crippen LogP contribution in [0.15, 0.2) is 42.9 Å². The van der Waals surface area contributed by atoms with E-state index in [4.69, 9.17) is 0 Å². The average Bonchev–Trinajstić information content (AvgIpc) is 2.40. The molecule has 1 N–H and O–H groups in total. The molecule has 0 bridgehead atoms. The van der Waals surface area contributed by atoms with Crippen molar-refractivity contribution in [3.05, 3.63) is 48.5 Å². The van der Waals surface area contributed by atoms with Crippen molar-refractivity contribution in [3.8, 4) is 5.75 Å². The van der Waals surface area contributed by atoms with Gasteiger partial charge in [0.25, 0.3) is 0 Å². The van der Waals surface area contributed by atoms with Crippen LogP contribution < -0.4 is 10.1 Å². The third-order valence-corrected chi connectivity index (χ3v) is 2.51. The second-order valence-electron chi connectivity index (χ2n) is 4.04. The fraction of sp³-hybridized carbons (Fsp3) is 0.231. The van der Waals surface area contributed by atoms with E-state index in [0.29, 0.717) is 5.69 Å². The van der Waals surface area contributed by atoms with Gasteiger partial charge in [-0.05, 0) is 19.1 Å². The zero-order valence-corrected chi connectivity index (χ0v) is 10.6. The molecule has 2 rings (SSSR count). The fourth-order valence-electron chi connectivity index (χ4n) is 1.64. The summed E-state index contributed by atoms with van der Waals surface area (Å²) in [5.74, 6) is -0.282. The molecule has 0 saturated heterocycles. The highest BCUT2D eigenvalue weighted by atomic mass is 19.4. The first-order chi connectivity index (χ1) is 9.46.